The first-order chi connectivity index (χ1) is 15.6. The highest BCUT2D eigenvalue weighted by Gasteiger charge is 2.28. The number of carbonyl (C=O) groups excluding carboxylic acids is 1. The molecule has 8 nitrogen and oxygen atoms in total. The third-order valence-electron chi connectivity index (χ3n) is 6.46. The van der Waals surface area contributed by atoms with Crippen molar-refractivity contribution in [2.45, 2.75) is 51.9 Å². The molecule has 2 saturated heterocycles. The van der Waals surface area contributed by atoms with Crippen molar-refractivity contribution < 1.29 is 18.8 Å². The molecular weight excluding hydrogens is 408 g/mol. The SMILES string of the molecule is Cc1ccc(NC(=O)N2CCCC(c3nc(CCOCC4CCOCC4)no3)C2)cc1C. The van der Waals surface area contributed by atoms with Gasteiger partial charge in [0.15, 0.2) is 5.82 Å². The standard InChI is InChI=1S/C24H34N4O4/c1-17-5-6-21(14-18(17)2)25-24(29)28-10-3-4-20(15-28)23-26-22(27-32-23)9-13-31-16-19-7-11-30-12-8-19/h5-6,14,19-20H,3-4,7-13,15-16H2,1-2H3,(H,25,29). The van der Waals surface area contributed by atoms with Crippen LogP contribution in [0.4, 0.5) is 10.5 Å². The number of hydrogen-bond acceptors (Lipinski definition) is 6. The predicted octanol–water partition coefficient (Wildman–Crippen LogP) is 4.08. The largest absolute Gasteiger partial charge is 0.381 e. The van der Waals surface area contributed by atoms with Gasteiger partial charge < -0.3 is 24.2 Å². The van der Waals surface area contributed by atoms with Crippen LogP contribution < -0.4 is 5.32 Å². The number of urea groups is 1. The highest BCUT2D eigenvalue weighted by molar-refractivity contribution is 5.89. The topological polar surface area (TPSA) is 89.7 Å². The molecule has 2 aliphatic rings. The van der Waals surface area contributed by atoms with Gasteiger partial charge in [-0.1, -0.05) is 11.2 Å². The van der Waals surface area contributed by atoms with Gasteiger partial charge in [-0.2, -0.15) is 4.98 Å². The molecule has 0 saturated carbocycles. The average molecular weight is 443 g/mol. The van der Waals surface area contributed by atoms with E-state index in [-0.39, 0.29) is 11.9 Å². The second kappa shape index (κ2) is 10.9. The van der Waals surface area contributed by atoms with Crippen molar-refractivity contribution >= 4 is 11.7 Å². The zero-order chi connectivity index (χ0) is 22.3. The fourth-order valence-electron chi connectivity index (χ4n) is 4.25. The number of amides is 2. The summed E-state index contributed by atoms with van der Waals surface area (Å²) < 4.78 is 16.7. The maximum Gasteiger partial charge on any atom is 0.321 e. The van der Waals surface area contributed by atoms with Crippen LogP contribution in [0.2, 0.25) is 0 Å². The second-order valence-electron chi connectivity index (χ2n) is 8.94. The third-order valence-corrected chi connectivity index (χ3v) is 6.46. The van der Waals surface area contributed by atoms with Crippen LogP contribution in [0.5, 0.6) is 0 Å². The Kier molecular flexibility index (Phi) is 7.76. The van der Waals surface area contributed by atoms with Crippen LogP contribution in [0.1, 0.15) is 54.4 Å². The number of nitrogens with one attached hydrogen (secondary N) is 1. The number of hydrogen-bond donors (Lipinski definition) is 1. The number of ether oxygens (including phenoxy) is 2. The van der Waals surface area contributed by atoms with Gasteiger partial charge in [0.2, 0.25) is 5.89 Å². The monoisotopic (exact) mass is 442 g/mol. The summed E-state index contributed by atoms with van der Waals surface area (Å²) in [5.74, 6) is 1.95. The van der Waals surface area contributed by atoms with Crippen LogP contribution in [0.3, 0.4) is 0 Å². The number of aryl methyl sites for hydroxylation is 2. The summed E-state index contributed by atoms with van der Waals surface area (Å²) in [5.41, 5.74) is 3.19. The van der Waals surface area contributed by atoms with Gasteiger partial charge in [-0.25, -0.2) is 4.79 Å². The maximum absolute atomic E-state index is 12.8. The van der Waals surface area contributed by atoms with Gasteiger partial charge in [-0.05, 0) is 68.7 Å². The molecule has 1 aromatic heterocycles. The van der Waals surface area contributed by atoms with E-state index < -0.39 is 0 Å². The molecule has 1 aromatic carbocycles. The summed E-state index contributed by atoms with van der Waals surface area (Å²) >= 11 is 0. The Bertz CT molecular complexity index is 894. The molecule has 1 unspecified atom stereocenters. The van der Waals surface area contributed by atoms with Crippen LogP contribution in [0.15, 0.2) is 22.7 Å². The van der Waals surface area contributed by atoms with Crippen molar-refractivity contribution in [3.05, 3.63) is 41.0 Å². The van der Waals surface area contributed by atoms with E-state index in [1.807, 2.05) is 30.0 Å². The van der Waals surface area contributed by atoms with Gasteiger partial charge >= 0.3 is 6.03 Å². The summed E-state index contributed by atoms with van der Waals surface area (Å²) in [6.45, 7) is 8.45. The minimum Gasteiger partial charge on any atom is -0.381 e. The van der Waals surface area contributed by atoms with E-state index in [4.69, 9.17) is 14.0 Å². The van der Waals surface area contributed by atoms with E-state index in [0.717, 1.165) is 63.3 Å². The molecule has 2 fully saturated rings. The smallest absolute Gasteiger partial charge is 0.321 e. The van der Waals surface area contributed by atoms with E-state index in [9.17, 15) is 4.79 Å². The Balaban J connectivity index is 1.24. The van der Waals surface area contributed by atoms with E-state index >= 15 is 0 Å². The zero-order valence-corrected chi connectivity index (χ0v) is 19.1. The number of rotatable bonds is 7. The fourth-order valence-corrected chi connectivity index (χ4v) is 4.25. The van der Waals surface area contributed by atoms with E-state index in [0.29, 0.717) is 37.2 Å². The summed E-state index contributed by atoms with van der Waals surface area (Å²) in [7, 11) is 0. The predicted molar refractivity (Wildman–Crippen MR) is 121 cm³/mol. The van der Waals surface area contributed by atoms with Gasteiger partial charge in [0.05, 0.1) is 12.5 Å². The molecule has 0 aliphatic carbocycles. The number of likely N-dealkylation sites (tertiary alicyclic amines) is 1. The fraction of sp³-hybridized carbons (Fsp3) is 0.625. The first-order valence-corrected chi connectivity index (χ1v) is 11.7. The Morgan fingerprint density at radius 1 is 1.22 bits per heavy atom. The van der Waals surface area contributed by atoms with Gasteiger partial charge in [0.1, 0.15) is 0 Å². The molecule has 0 spiro atoms. The Labute approximate surface area is 189 Å². The molecule has 2 amide bonds. The van der Waals surface area contributed by atoms with E-state index in [2.05, 4.69) is 22.4 Å². The summed E-state index contributed by atoms with van der Waals surface area (Å²) in [5, 5.41) is 7.14. The lowest BCUT2D eigenvalue weighted by Crippen LogP contribution is -2.41. The van der Waals surface area contributed by atoms with Gasteiger partial charge in [0, 0.05) is 45.0 Å². The highest BCUT2D eigenvalue weighted by atomic mass is 16.5. The molecule has 1 atom stereocenters. The molecule has 0 bridgehead atoms. The first kappa shape index (κ1) is 22.7. The lowest BCUT2D eigenvalue weighted by molar-refractivity contribution is 0.0211. The van der Waals surface area contributed by atoms with Crippen LogP contribution in [-0.2, 0) is 15.9 Å². The minimum atomic E-state index is -0.0841. The lowest BCUT2D eigenvalue weighted by Gasteiger charge is -2.31. The Hall–Kier alpha value is -2.45. The number of aromatic nitrogens is 2. The summed E-state index contributed by atoms with van der Waals surface area (Å²) in [6.07, 6.45) is 4.63. The van der Waals surface area contributed by atoms with Gasteiger partial charge in [-0.15, -0.1) is 0 Å². The van der Waals surface area contributed by atoms with Crippen molar-refractivity contribution in [1.29, 1.82) is 0 Å². The second-order valence-corrected chi connectivity index (χ2v) is 8.94. The molecule has 174 valence electrons. The molecule has 3 heterocycles. The minimum absolute atomic E-state index is 0.0682. The number of carbonyl (C=O) groups is 1. The van der Waals surface area contributed by atoms with Crippen molar-refractivity contribution in [3.8, 4) is 0 Å². The average Bonchev–Trinajstić information content (AvgIpc) is 3.29. The normalized spacial score (nSPS) is 19.8. The molecular formula is C24H34N4O4. The van der Waals surface area contributed by atoms with E-state index in [1.54, 1.807) is 0 Å². The van der Waals surface area contributed by atoms with Crippen molar-refractivity contribution in [3.63, 3.8) is 0 Å². The zero-order valence-electron chi connectivity index (χ0n) is 19.1. The molecule has 1 N–H and O–H groups in total. The highest BCUT2D eigenvalue weighted by Crippen LogP contribution is 2.26. The van der Waals surface area contributed by atoms with Crippen LogP contribution >= 0.6 is 0 Å². The molecule has 2 aliphatic heterocycles. The molecule has 32 heavy (non-hydrogen) atoms. The van der Waals surface area contributed by atoms with Crippen molar-refractivity contribution in [2.24, 2.45) is 5.92 Å². The third kappa shape index (κ3) is 6.07. The molecule has 4 rings (SSSR count). The quantitative estimate of drug-likeness (QED) is 0.650. The summed E-state index contributed by atoms with van der Waals surface area (Å²) in [4.78, 5) is 19.2. The van der Waals surface area contributed by atoms with Crippen LogP contribution in [0, 0.1) is 19.8 Å². The summed E-state index contributed by atoms with van der Waals surface area (Å²) in [6, 6.07) is 5.88. The molecule has 0 radical (unpaired) electrons. The first-order valence-electron chi connectivity index (χ1n) is 11.7. The number of benzene rings is 1. The van der Waals surface area contributed by atoms with Gasteiger partial charge in [0.25, 0.3) is 0 Å². The Morgan fingerprint density at radius 3 is 2.88 bits per heavy atom. The Morgan fingerprint density at radius 2 is 2.06 bits per heavy atom. The molecule has 2 aromatic rings. The maximum atomic E-state index is 12.8. The number of anilines is 1. The number of piperidine rings is 1. The van der Waals surface area contributed by atoms with Gasteiger partial charge in [-0.3, -0.25) is 0 Å². The lowest BCUT2D eigenvalue weighted by atomic mass is 9.98. The van der Waals surface area contributed by atoms with E-state index in [1.165, 1.54) is 5.56 Å². The van der Waals surface area contributed by atoms with Crippen molar-refractivity contribution in [2.75, 3.05) is 44.8 Å². The van der Waals surface area contributed by atoms with Crippen molar-refractivity contribution in [1.82, 2.24) is 15.0 Å². The molecule has 8 heteroatoms. The van der Waals surface area contributed by atoms with Crippen LogP contribution in [-0.4, -0.2) is 60.6 Å². The number of nitrogens with zero attached hydrogens (tertiary/aromatic N) is 3. The van der Waals surface area contributed by atoms with Crippen LogP contribution in [0.25, 0.3) is 0 Å².